The molecule has 2 heterocycles. The fourth-order valence-electron chi connectivity index (χ4n) is 5.63. The van der Waals surface area contributed by atoms with Crippen molar-refractivity contribution < 1.29 is 75.7 Å². The van der Waals surface area contributed by atoms with E-state index in [9.17, 15) is 52.6 Å². The smallest absolute Gasteiger partial charge is 0.397 e. The Morgan fingerprint density at radius 3 is 1.94 bits per heavy atom. The van der Waals surface area contributed by atoms with Crippen molar-refractivity contribution >= 4 is 34.1 Å². The second-order valence-electron chi connectivity index (χ2n) is 12.6. The lowest BCUT2D eigenvalue weighted by Gasteiger charge is -2.46. The van der Waals surface area contributed by atoms with Gasteiger partial charge in [0.05, 0.1) is 6.10 Å². The minimum atomic E-state index is -5.24. The third kappa shape index (κ3) is 15.9. The first-order chi connectivity index (χ1) is 24.0. The van der Waals surface area contributed by atoms with Gasteiger partial charge in [0.2, 0.25) is 17.7 Å². The van der Waals surface area contributed by atoms with E-state index in [2.05, 4.69) is 20.1 Å². The zero-order chi connectivity index (χ0) is 38.1. The van der Waals surface area contributed by atoms with Gasteiger partial charge in [0, 0.05) is 39.5 Å². The van der Waals surface area contributed by atoms with Crippen LogP contribution in [0.5, 0.6) is 0 Å². The minimum absolute atomic E-state index is 0.0364. The molecule has 2 saturated heterocycles. The van der Waals surface area contributed by atoms with E-state index >= 15 is 0 Å². The van der Waals surface area contributed by atoms with Crippen molar-refractivity contribution in [3.8, 4) is 0 Å². The molecule has 0 radical (unpaired) electrons. The maximum absolute atomic E-state index is 12.2. The molecule has 2 fully saturated rings. The molecule has 0 bridgehead atoms. The fourth-order valence-corrected chi connectivity index (χ4v) is 6.12. The number of aliphatic carboxylic acids is 1. The normalized spacial score (nSPS) is 29.6. The molecule has 20 heteroatoms. The lowest BCUT2D eigenvalue weighted by atomic mass is 9.95. The van der Waals surface area contributed by atoms with Crippen molar-refractivity contribution in [3.05, 3.63) is 0 Å². The molecule has 0 aromatic rings. The monoisotopic (exact) mass is 757 g/mol. The summed E-state index contributed by atoms with van der Waals surface area (Å²) in [6.07, 6.45) is -7.84. The number of carbonyl (C=O) groups excluding carboxylic acids is 3. The molecule has 10 unspecified atom stereocenters. The van der Waals surface area contributed by atoms with Crippen LogP contribution in [0.3, 0.4) is 0 Å². The third-order valence-corrected chi connectivity index (χ3v) is 8.86. The molecule has 51 heavy (non-hydrogen) atoms. The minimum Gasteiger partial charge on any atom is -0.479 e. The summed E-state index contributed by atoms with van der Waals surface area (Å²) >= 11 is 0. The number of carboxylic acids is 1. The average molecular weight is 758 g/mol. The second-order valence-corrected chi connectivity index (χ2v) is 13.7. The van der Waals surface area contributed by atoms with E-state index < -0.39 is 83.6 Å². The Balaban J connectivity index is 1.82. The van der Waals surface area contributed by atoms with Gasteiger partial charge in [-0.25, -0.2) is 8.98 Å². The van der Waals surface area contributed by atoms with Gasteiger partial charge < -0.3 is 55.3 Å². The molecule has 0 spiro atoms. The van der Waals surface area contributed by atoms with Crippen LogP contribution in [0.1, 0.15) is 91.4 Å². The van der Waals surface area contributed by atoms with Crippen molar-refractivity contribution in [2.75, 3.05) is 19.7 Å². The standard InChI is InChI=1S/C31H55N3O16S/c1-4-20(36)32-15-11-7-5-6-10-14-21(37)33-16-12-8-9-13-17-46-31-27(50-51(43,44)45)25(40)26(28(49-31)29(41)42)48-30-22(34-19(3)35)24(39)23(38)18(2)47-30/h18,22-28,30-31,38-40H,4-17H2,1-3H3,(H,32,36)(H,33,37)(H,34,35)(H,41,42)(H,43,44,45). The van der Waals surface area contributed by atoms with Gasteiger partial charge >= 0.3 is 16.4 Å². The van der Waals surface area contributed by atoms with Gasteiger partial charge in [-0.3, -0.25) is 18.9 Å². The highest BCUT2D eigenvalue weighted by atomic mass is 32.3. The van der Waals surface area contributed by atoms with E-state index in [1.165, 1.54) is 6.92 Å². The molecule has 2 aliphatic rings. The molecule has 0 aromatic carbocycles. The van der Waals surface area contributed by atoms with Crippen LogP contribution in [0.25, 0.3) is 0 Å². The number of amides is 3. The van der Waals surface area contributed by atoms with E-state index in [1.807, 2.05) is 6.92 Å². The molecule has 10 atom stereocenters. The van der Waals surface area contributed by atoms with E-state index in [4.69, 9.17) is 18.9 Å². The largest absolute Gasteiger partial charge is 0.479 e. The summed E-state index contributed by atoms with van der Waals surface area (Å²) in [6.45, 7) is 5.34. The summed E-state index contributed by atoms with van der Waals surface area (Å²) < 4.78 is 59.5. The molecular weight excluding hydrogens is 702 g/mol. The average Bonchev–Trinajstić information content (AvgIpc) is 3.05. The van der Waals surface area contributed by atoms with Crippen LogP contribution in [0, 0.1) is 0 Å². The molecule has 0 aliphatic carbocycles. The quantitative estimate of drug-likeness (QED) is 0.0471. The van der Waals surface area contributed by atoms with Crippen molar-refractivity contribution in [1.82, 2.24) is 16.0 Å². The first kappa shape index (κ1) is 44.6. The molecule has 19 nitrogen and oxygen atoms in total. The van der Waals surface area contributed by atoms with Crippen LogP contribution in [-0.4, -0.2) is 138 Å². The number of nitrogens with one attached hydrogen (secondary N) is 3. The molecule has 296 valence electrons. The molecule has 2 aliphatic heterocycles. The number of rotatable bonds is 23. The number of carbonyl (C=O) groups is 4. The summed E-state index contributed by atoms with van der Waals surface area (Å²) in [5.41, 5.74) is 0. The van der Waals surface area contributed by atoms with Gasteiger partial charge in [-0.2, -0.15) is 8.42 Å². The Labute approximate surface area is 298 Å². The number of hydrogen-bond acceptors (Lipinski definition) is 14. The van der Waals surface area contributed by atoms with Crippen LogP contribution in [0.4, 0.5) is 0 Å². The first-order valence-electron chi connectivity index (χ1n) is 17.4. The predicted molar refractivity (Wildman–Crippen MR) is 176 cm³/mol. The van der Waals surface area contributed by atoms with Gasteiger partial charge in [0.15, 0.2) is 24.8 Å². The summed E-state index contributed by atoms with van der Waals surface area (Å²) in [5.74, 6) is -2.31. The fraction of sp³-hybridized carbons (Fsp3) is 0.871. The van der Waals surface area contributed by atoms with Gasteiger partial charge in [-0.05, 0) is 32.6 Å². The van der Waals surface area contributed by atoms with Crippen molar-refractivity contribution in [2.45, 2.75) is 153 Å². The Morgan fingerprint density at radius 2 is 1.35 bits per heavy atom. The van der Waals surface area contributed by atoms with Crippen LogP contribution < -0.4 is 16.0 Å². The maximum atomic E-state index is 12.2. The van der Waals surface area contributed by atoms with Crippen molar-refractivity contribution in [2.24, 2.45) is 0 Å². The molecule has 3 amide bonds. The summed E-state index contributed by atoms with van der Waals surface area (Å²) in [4.78, 5) is 47.2. The van der Waals surface area contributed by atoms with Gasteiger partial charge in [-0.1, -0.05) is 39.0 Å². The Kier molecular flexibility index (Phi) is 19.7. The Bertz CT molecular complexity index is 1210. The highest BCUT2D eigenvalue weighted by molar-refractivity contribution is 7.80. The number of carboxylic acid groups (broad SMARTS) is 1. The third-order valence-electron chi connectivity index (χ3n) is 8.40. The Hall–Kier alpha value is -2.53. The van der Waals surface area contributed by atoms with E-state index in [0.29, 0.717) is 51.6 Å². The van der Waals surface area contributed by atoms with Crippen LogP contribution >= 0.6 is 0 Å². The molecule has 2 rings (SSSR count). The highest BCUT2D eigenvalue weighted by Crippen LogP contribution is 2.31. The molecule has 0 aromatic heterocycles. The van der Waals surface area contributed by atoms with Crippen LogP contribution in [-0.2, 0) is 52.7 Å². The lowest BCUT2D eigenvalue weighted by Crippen LogP contribution is -2.67. The highest BCUT2D eigenvalue weighted by Gasteiger charge is 2.54. The number of aliphatic hydroxyl groups excluding tert-OH is 3. The van der Waals surface area contributed by atoms with Crippen molar-refractivity contribution in [3.63, 3.8) is 0 Å². The molecular formula is C31H55N3O16S. The zero-order valence-electron chi connectivity index (χ0n) is 29.3. The molecule has 8 N–H and O–H groups in total. The number of aliphatic hydroxyl groups is 3. The van der Waals surface area contributed by atoms with Crippen LogP contribution in [0.2, 0.25) is 0 Å². The van der Waals surface area contributed by atoms with Crippen molar-refractivity contribution in [1.29, 1.82) is 0 Å². The van der Waals surface area contributed by atoms with Gasteiger partial charge in [0.25, 0.3) is 0 Å². The van der Waals surface area contributed by atoms with Crippen LogP contribution in [0.15, 0.2) is 0 Å². The maximum Gasteiger partial charge on any atom is 0.397 e. The number of ether oxygens (including phenoxy) is 4. The number of unbranched alkanes of at least 4 members (excludes halogenated alkanes) is 7. The summed E-state index contributed by atoms with van der Waals surface area (Å²) in [5, 5.41) is 49.7. The van der Waals surface area contributed by atoms with Gasteiger partial charge in [-0.15, -0.1) is 0 Å². The topological polar surface area (TPSA) is 286 Å². The lowest BCUT2D eigenvalue weighted by molar-refractivity contribution is -0.335. The number of hydrogen-bond donors (Lipinski definition) is 8. The molecule has 0 saturated carbocycles. The first-order valence-corrected chi connectivity index (χ1v) is 18.7. The SMILES string of the molecule is CCC(=O)NCCCCCCCC(=O)NCCCCCCOC1OC(C(=O)O)C(OC2OC(C)C(O)C(O)C2NC(C)=O)C(O)C1OS(=O)(=O)O. The Morgan fingerprint density at radius 1 is 0.765 bits per heavy atom. The van der Waals surface area contributed by atoms with E-state index in [-0.39, 0.29) is 18.4 Å². The summed E-state index contributed by atoms with van der Waals surface area (Å²) in [7, 11) is -5.24. The second kappa shape index (κ2) is 22.5. The van der Waals surface area contributed by atoms with Gasteiger partial charge in [0.1, 0.15) is 30.5 Å². The zero-order valence-corrected chi connectivity index (χ0v) is 30.1. The van der Waals surface area contributed by atoms with E-state index in [0.717, 1.165) is 39.0 Å². The summed E-state index contributed by atoms with van der Waals surface area (Å²) in [6, 6.07) is -1.44. The van der Waals surface area contributed by atoms with E-state index in [1.54, 1.807) is 0 Å². The predicted octanol–water partition coefficient (Wildman–Crippen LogP) is -0.739.